The smallest absolute Gasteiger partial charge is 0.316 e. The second kappa shape index (κ2) is 6.79. The summed E-state index contributed by atoms with van der Waals surface area (Å²) >= 11 is 0. The summed E-state index contributed by atoms with van der Waals surface area (Å²) in [6, 6.07) is 9.43. The van der Waals surface area contributed by atoms with Gasteiger partial charge < -0.3 is 10.4 Å². The van der Waals surface area contributed by atoms with Gasteiger partial charge in [0.1, 0.15) is 5.92 Å². The number of carbonyl (C=O) groups is 2. The molecule has 0 spiro atoms. The fourth-order valence-corrected chi connectivity index (χ4v) is 1.85. The van der Waals surface area contributed by atoms with E-state index in [2.05, 4.69) is 5.32 Å². The van der Waals surface area contributed by atoms with Crippen LogP contribution in [-0.2, 0) is 9.59 Å². The highest BCUT2D eigenvalue weighted by molar-refractivity contribution is 5.97. The number of nitrogens with one attached hydrogen (secondary N) is 1. The molecule has 1 aromatic rings. The van der Waals surface area contributed by atoms with Gasteiger partial charge in [0, 0.05) is 0 Å². The Labute approximate surface area is 107 Å². The van der Waals surface area contributed by atoms with E-state index in [0.717, 1.165) is 12.0 Å². The summed E-state index contributed by atoms with van der Waals surface area (Å²) < 4.78 is 0. The van der Waals surface area contributed by atoms with Gasteiger partial charge in [-0.25, -0.2) is 0 Å². The minimum Gasteiger partial charge on any atom is -0.481 e. The Hall–Kier alpha value is -1.84. The maximum atomic E-state index is 11.9. The molecular formula is C14H19NO3. The Morgan fingerprint density at radius 2 is 1.78 bits per heavy atom. The predicted molar refractivity (Wildman–Crippen MR) is 69.0 cm³/mol. The van der Waals surface area contributed by atoms with E-state index in [0.29, 0.717) is 6.42 Å². The molecule has 0 aromatic heterocycles. The summed E-state index contributed by atoms with van der Waals surface area (Å²) in [4.78, 5) is 22.8. The molecule has 1 aromatic carbocycles. The molecule has 0 heterocycles. The van der Waals surface area contributed by atoms with Gasteiger partial charge in [0.05, 0.1) is 6.04 Å². The van der Waals surface area contributed by atoms with Gasteiger partial charge in [-0.3, -0.25) is 9.59 Å². The maximum absolute atomic E-state index is 11.9. The first kappa shape index (κ1) is 14.2. The molecule has 2 N–H and O–H groups in total. The van der Waals surface area contributed by atoms with E-state index in [-0.39, 0.29) is 6.04 Å². The van der Waals surface area contributed by atoms with Crippen LogP contribution in [0.25, 0.3) is 0 Å². The van der Waals surface area contributed by atoms with E-state index >= 15 is 0 Å². The van der Waals surface area contributed by atoms with Gasteiger partial charge in [0.25, 0.3) is 0 Å². The van der Waals surface area contributed by atoms with Crippen LogP contribution in [0.3, 0.4) is 0 Å². The van der Waals surface area contributed by atoms with Gasteiger partial charge in [0.15, 0.2) is 0 Å². The van der Waals surface area contributed by atoms with Gasteiger partial charge in [-0.2, -0.15) is 0 Å². The third-order valence-corrected chi connectivity index (χ3v) is 2.95. The molecule has 0 aliphatic heterocycles. The zero-order chi connectivity index (χ0) is 13.5. The van der Waals surface area contributed by atoms with Crippen LogP contribution in [0.5, 0.6) is 0 Å². The summed E-state index contributed by atoms with van der Waals surface area (Å²) in [6.45, 7) is 3.65. The highest BCUT2D eigenvalue weighted by Gasteiger charge is 2.25. The number of amides is 1. The molecule has 4 nitrogen and oxygen atoms in total. The minimum absolute atomic E-state index is 0.132. The summed E-state index contributed by atoms with van der Waals surface area (Å²) in [5.74, 6) is -2.46. The van der Waals surface area contributed by atoms with Crippen molar-refractivity contribution in [2.24, 2.45) is 5.92 Å². The zero-order valence-corrected chi connectivity index (χ0v) is 10.7. The van der Waals surface area contributed by atoms with Crippen molar-refractivity contribution < 1.29 is 14.7 Å². The molecule has 0 saturated heterocycles. The van der Waals surface area contributed by atoms with Gasteiger partial charge in [-0.1, -0.05) is 44.2 Å². The number of carbonyl (C=O) groups excluding carboxylic acids is 1. The van der Waals surface area contributed by atoms with Crippen LogP contribution in [0.1, 0.15) is 38.3 Å². The second-order valence-corrected chi connectivity index (χ2v) is 4.18. The number of hydrogen-bond donors (Lipinski definition) is 2. The van der Waals surface area contributed by atoms with Crippen molar-refractivity contribution in [2.45, 2.75) is 32.7 Å². The average molecular weight is 249 g/mol. The molecular weight excluding hydrogens is 230 g/mol. The number of hydrogen-bond acceptors (Lipinski definition) is 2. The van der Waals surface area contributed by atoms with Crippen LogP contribution in [0.15, 0.2) is 30.3 Å². The van der Waals surface area contributed by atoms with Crippen LogP contribution < -0.4 is 5.32 Å². The van der Waals surface area contributed by atoms with Crippen molar-refractivity contribution in [3.8, 4) is 0 Å². The predicted octanol–water partition coefficient (Wildman–Crippen LogP) is 2.36. The molecule has 1 amide bonds. The Bertz CT molecular complexity index is 403. The fourth-order valence-electron chi connectivity index (χ4n) is 1.85. The number of carboxylic acids is 1. The van der Waals surface area contributed by atoms with Crippen molar-refractivity contribution in [3.05, 3.63) is 35.9 Å². The lowest BCUT2D eigenvalue weighted by molar-refractivity contribution is -0.147. The van der Waals surface area contributed by atoms with Crippen LogP contribution in [0.4, 0.5) is 0 Å². The normalized spacial score (nSPS) is 13.7. The molecule has 1 rings (SSSR count). The molecule has 0 bridgehead atoms. The minimum atomic E-state index is -1.07. The Balaban J connectivity index is 2.75. The van der Waals surface area contributed by atoms with Crippen molar-refractivity contribution in [1.29, 1.82) is 0 Å². The van der Waals surface area contributed by atoms with E-state index in [1.807, 2.05) is 37.3 Å². The summed E-state index contributed by atoms with van der Waals surface area (Å²) in [5, 5.41) is 11.7. The van der Waals surface area contributed by atoms with E-state index in [1.54, 1.807) is 6.92 Å². The summed E-state index contributed by atoms with van der Waals surface area (Å²) in [5.41, 5.74) is 0.994. The van der Waals surface area contributed by atoms with Crippen molar-refractivity contribution in [1.82, 2.24) is 5.32 Å². The molecule has 0 radical (unpaired) electrons. The first-order chi connectivity index (χ1) is 8.60. The fraction of sp³-hybridized carbons (Fsp3) is 0.429. The standard InChI is InChI=1S/C14H19NO3/c1-3-11(14(17)18)13(16)15-12(4-2)10-8-6-5-7-9-10/h5-9,11-12H,3-4H2,1-2H3,(H,15,16)(H,17,18). The van der Waals surface area contributed by atoms with Crippen molar-refractivity contribution in [3.63, 3.8) is 0 Å². The summed E-state index contributed by atoms with van der Waals surface area (Å²) in [7, 11) is 0. The Morgan fingerprint density at radius 3 is 2.22 bits per heavy atom. The first-order valence-electron chi connectivity index (χ1n) is 6.18. The number of rotatable bonds is 6. The lowest BCUT2D eigenvalue weighted by atomic mass is 10.0. The van der Waals surface area contributed by atoms with Gasteiger partial charge >= 0.3 is 5.97 Å². The van der Waals surface area contributed by atoms with E-state index in [9.17, 15) is 9.59 Å². The van der Waals surface area contributed by atoms with Gasteiger partial charge in [0.2, 0.25) is 5.91 Å². The van der Waals surface area contributed by atoms with Gasteiger partial charge in [-0.05, 0) is 18.4 Å². The van der Waals surface area contributed by atoms with Gasteiger partial charge in [-0.15, -0.1) is 0 Å². The molecule has 2 unspecified atom stereocenters. The molecule has 4 heteroatoms. The zero-order valence-electron chi connectivity index (χ0n) is 10.7. The molecule has 98 valence electrons. The monoisotopic (exact) mass is 249 g/mol. The van der Waals surface area contributed by atoms with Crippen LogP contribution in [0, 0.1) is 5.92 Å². The highest BCUT2D eigenvalue weighted by Crippen LogP contribution is 2.17. The average Bonchev–Trinajstić information content (AvgIpc) is 2.37. The quantitative estimate of drug-likeness (QED) is 0.761. The second-order valence-electron chi connectivity index (χ2n) is 4.18. The van der Waals surface area contributed by atoms with Crippen LogP contribution in [0.2, 0.25) is 0 Å². The Morgan fingerprint density at radius 1 is 1.17 bits per heavy atom. The third kappa shape index (κ3) is 3.58. The number of aliphatic carboxylic acids is 1. The third-order valence-electron chi connectivity index (χ3n) is 2.95. The van der Waals surface area contributed by atoms with E-state index in [4.69, 9.17) is 5.11 Å². The number of carboxylic acid groups (broad SMARTS) is 1. The number of benzene rings is 1. The van der Waals surface area contributed by atoms with Crippen molar-refractivity contribution in [2.75, 3.05) is 0 Å². The SMILES string of the molecule is CCC(C(=O)O)C(=O)NC(CC)c1ccccc1. The lowest BCUT2D eigenvalue weighted by Gasteiger charge is -2.19. The summed E-state index contributed by atoms with van der Waals surface area (Å²) in [6.07, 6.45) is 1.03. The van der Waals surface area contributed by atoms with E-state index < -0.39 is 17.8 Å². The largest absolute Gasteiger partial charge is 0.481 e. The molecule has 0 aliphatic rings. The topological polar surface area (TPSA) is 66.4 Å². The van der Waals surface area contributed by atoms with Crippen LogP contribution in [-0.4, -0.2) is 17.0 Å². The molecule has 0 saturated carbocycles. The highest BCUT2D eigenvalue weighted by atomic mass is 16.4. The van der Waals surface area contributed by atoms with E-state index in [1.165, 1.54) is 0 Å². The van der Waals surface area contributed by atoms with Crippen LogP contribution >= 0.6 is 0 Å². The molecule has 2 atom stereocenters. The lowest BCUT2D eigenvalue weighted by Crippen LogP contribution is -2.37. The molecule has 0 aliphatic carbocycles. The van der Waals surface area contributed by atoms with Crippen molar-refractivity contribution >= 4 is 11.9 Å². The Kier molecular flexibility index (Phi) is 5.36. The first-order valence-corrected chi connectivity index (χ1v) is 6.18. The molecule has 18 heavy (non-hydrogen) atoms. The molecule has 0 fully saturated rings. The maximum Gasteiger partial charge on any atom is 0.316 e.